The second kappa shape index (κ2) is 6.64. The summed E-state index contributed by atoms with van der Waals surface area (Å²) in [5.74, 6) is 1.22. The summed E-state index contributed by atoms with van der Waals surface area (Å²) in [7, 11) is 1.61. The molecule has 26 heavy (non-hydrogen) atoms. The van der Waals surface area contributed by atoms with Crippen molar-refractivity contribution >= 4 is 32.6 Å². The van der Waals surface area contributed by atoms with Crippen LogP contribution in [0.15, 0.2) is 51.6 Å². The van der Waals surface area contributed by atoms with E-state index in [9.17, 15) is 4.79 Å². The first-order valence-electron chi connectivity index (χ1n) is 7.86. The van der Waals surface area contributed by atoms with Gasteiger partial charge in [0.25, 0.3) is 5.91 Å². The molecule has 0 saturated carbocycles. The fourth-order valence-electron chi connectivity index (χ4n) is 2.52. The lowest BCUT2D eigenvalue weighted by Crippen LogP contribution is -2.29. The number of aromatic nitrogens is 2. The molecule has 1 aromatic carbocycles. The van der Waals surface area contributed by atoms with Gasteiger partial charge in [0.15, 0.2) is 5.13 Å². The second-order valence-electron chi connectivity index (χ2n) is 5.63. The van der Waals surface area contributed by atoms with Crippen LogP contribution in [-0.2, 0) is 6.54 Å². The first kappa shape index (κ1) is 16.3. The number of fused-ring (bicyclic) bond motifs is 1. The maximum Gasteiger partial charge on any atom is 0.299 e. The maximum absolute atomic E-state index is 13.0. The van der Waals surface area contributed by atoms with Crippen molar-refractivity contribution in [3.05, 3.63) is 59.9 Å². The van der Waals surface area contributed by atoms with Crippen LogP contribution in [0.3, 0.4) is 0 Å². The number of benzene rings is 1. The molecule has 0 bridgehead atoms. The van der Waals surface area contributed by atoms with Gasteiger partial charge in [0.05, 0.1) is 35.8 Å². The highest BCUT2D eigenvalue weighted by molar-refractivity contribution is 7.22. The van der Waals surface area contributed by atoms with E-state index >= 15 is 0 Å². The highest BCUT2D eigenvalue weighted by Gasteiger charge is 2.25. The van der Waals surface area contributed by atoms with Gasteiger partial charge in [0, 0.05) is 6.07 Å². The number of furan rings is 1. The van der Waals surface area contributed by atoms with Crippen molar-refractivity contribution in [1.82, 2.24) is 10.1 Å². The van der Waals surface area contributed by atoms with Gasteiger partial charge in [-0.2, -0.15) is 0 Å². The predicted octanol–water partition coefficient (Wildman–Crippen LogP) is 4.04. The maximum atomic E-state index is 13.0. The van der Waals surface area contributed by atoms with Crippen LogP contribution in [0, 0.1) is 6.92 Å². The van der Waals surface area contributed by atoms with Gasteiger partial charge in [-0.25, -0.2) is 4.98 Å². The lowest BCUT2D eigenvalue weighted by Gasteiger charge is -2.16. The van der Waals surface area contributed by atoms with E-state index in [4.69, 9.17) is 13.7 Å². The number of nitrogens with zero attached hydrogens (tertiary/aromatic N) is 3. The molecule has 1 amide bonds. The first-order chi connectivity index (χ1) is 12.6. The number of methoxy groups -OCH3 is 1. The van der Waals surface area contributed by atoms with E-state index in [1.165, 1.54) is 16.2 Å². The number of aryl methyl sites for hydroxylation is 1. The summed E-state index contributed by atoms with van der Waals surface area (Å²) >= 11 is 1.40. The Balaban J connectivity index is 1.75. The molecule has 0 fully saturated rings. The number of carbonyl (C=O) groups is 1. The van der Waals surface area contributed by atoms with E-state index in [1.54, 1.807) is 32.4 Å². The highest BCUT2D eigenvalue weighted by atomic mass is 32.1. The molecule has 0 spiro atoms. The number of anilines is 1. The molecule has 0 N–H and O–H groups in total. The fourth-order valence-corrected chi connectivity index (χ4v) is 3.51. The predicted molar refractivity (Wildman–Crippen MR) is 96.6 cm³/mol. The zero-order chi connectivity index (χ0) is 18.1. The zero-order valence-corrected chi connectivity index (χ0v) is 14.9. The molecule has 0 aliphatic carbocycles. The van der Waals surface area contributed by atoms with Crippen LogP contribution < -0.4 is 9.64 Å². The second-order valence-corrected chi connectivity index (χ2v) is 6.64. The number of hydrogen-bond acceptors (Lipinski definition) is 7. The van der Waals surface area contributed by atoms with Crippen LogP contribution in [0.5, 0.6) is 5.75 Å². The van der Waals surface area contributed by atoms with Crippen molar-refractivity contribution in [2.24, 2.45) is 0 Å². The minimum atomic E-state index is -0.326. The highest BCUT2D eigenvalue weighted by Crippen LogP contribution is 2.33. The lowest BCUT2D eigenvalue weighted by atomic mass is 10.3. The van der Waals surface area contributed by atoms with Gasteiger partial charge >= 0.3 is 0 Å². The van der Waals surface area contributed by atoms with Crippen molar-refractivity contribution in [3.63, 3.8) is 0 Å². The fraction of sp³-hybridized carbons (Fsp3) is 0.167. The van der Waals surface area contributed by atoms with Crippen LogP contribution in [0.4, 0.5) is 5.13 Å². The molecule has 0 radical (unpaired) electrons. The van der Waals surface area contributed by atoms with E-state index in [0.717, 1.165) is 16.0 Å². The zero-order valence-electron chi connectivity index (χ0n) is 14.1. The molecule has 0 atom stereocenters. The van der Waals surface area contributed by atoms with Crippen molar-refractivity contribution in [1.29, 1.82) is 0 Å². The smallest absolute Gasteiger partial charge is 0.299 e. The molecule has 3 heterocycles. The quantitative estimate of drug-likeness (QED) is 0.528. The molecule has 0 aliphatic rings. The number of carbonyl (C=O) groups excluding carboxylic acids is 1. The van der Waals surface area contributed by atoms with E-state index in [1.807, 2.05) is 24.3 Å². The average Bonchev–Trinajstić information content (AvgIpc) is 3.38. The lowest BCUT2D eigenvalue weighted by molar-refractivity contribution is 0.0947. The molecule has 4 aromatic rings. The molecule has 0 saturated heterocycles. The van der Waals surface area contributed by atoms with Crippen LogP contribution in [0.2, 0.25) is 0 Å². The largest absolute Gasteiger partial charge is 0.497 e. The van der Waals surface area contributed by atoms with E-state index in [-0.39, 0.29) is 18.2 Å². The number of ether oxygens (including phenoxy) is 1. The van der Waals surface area contributed by atoms with Crippen molar-refractivity contribution < 1.29 is 18.5 Å². The van der Waals surface area contributed by atoms with Gasteiger partial charge < -0.3 is 13.7 Å². The van der Waals surface area contributed by atoms with E-state index in [0.29, 0.717) is 16.6 Å². The Hall–Kier alpha value is -3.13. The number of hydrogen-bond donors (Lipinski definition) is 0. The van der Waals surface area contributed by atoms with Crippen molar-refractivity contribution in [3.8, 4) is 5.75 Å². The Morgan fingerprint density at radius 2 is 2.19 bits per heavy atom. The third-order valence-corrected chi connectivity index (χ3v) is 4.83. The Morgan fingerprint density at radius 1 is 1.31 bits per heavy atom. The summed E-state index contributed by atoms with van der Waals surface area (Å²) in [4.78, 5) is 19.1. The Morgan fingerprint density at radius 3 is 2.88 bits per heavy atom. The number of amides is 1. The van der Waals surface area contributed by atoms with Crippen LogP contribution >= 0.6 is 11.3 Å². The monoisotopic (exact) mass is 369 g/mol. The summed E-state index contributed by atoms with van der Waals surface area (Å²) < 4.78 is 16.7. The molecule has 7 nitrogen and oxygen atoms in total. The molecule has 132 valence electrons. The molecule has 4 rings (SSSR count). The van der Waals surface area contributed by atoms with E-state index < -0.39 is 0 Å². The van der Waals surface area contributed by atoms with Gasteiger partial charge in [0.2, 0.25) is 5.76 Å². The number of rotatable bonds is 5. The third kappa shape index (κ3) is 3.06. The van der Waals surface area contributed by atoms with Gasteiger partial charge in [-0.05, 0) is 37.3 Å². The Kier molecular flexibility index (Phi) is 4.18. The van der Waals surface area contributed by atoms with Gasteiger partial charge in [-0.15, -0.1) is 0 Å². The van der Waals surface area contributed by atoms with Crippen LogP contribution in [-0.4, -0.2) is 23.2 Å². The van der Waals surface area contributed by atoms with Gasteiger partial charge in [-0.1, -0.05) is 16.5 Å². The van der Waals surface area contributed by atoms with Gasteiger partial charge in [0.1, 0.15) is 11.5 Å². The minimum Gasteiger partial charge on any atom is -0.497 e. The third-order valence-electron chi connectivity index (χ3n) is 3.79. The standard InChI is InChI=1S/C18H15N3O4S/c1-11-8-15(25-20-11)17(22)21(10-13-4-3-7-24-13)18-19-14-6-5-12(23-2)9-16(14)26-18/h3-9H,10H2,1-2H3. The summed E-state index contributed by atoms with van der Waals surface area (Å²) in [5.41, 5.74) is 1.43. The van der Waals surface area contributed by atoms with Crippen LogP contribution in [0.1, 0.15) is 22.0 Å². The molecular weight excluding hydrogens is 354 g/mol. The Bertz CT molecular complexity index is 1050. The molecule has 3 aromatic heterocycles. The van der Waals surface area contributed by atoms with Crippen molar-refractivity contribution in [2.75, 3.05) is 12.0 Å². The molecule has 0 aliphatic heterocycles. The molecular formula is C18H15N3O4S. The summed E-state index contributed by atoms with van der Waals surface area (Å²) in [5, 5.41) is 4.34. The average molecular weight is 369 g/mol. The first-order valence-corrected chi connectivity index (χ1v) is 8.68. The summed E-state index contributed by atoms with van der Waals surface area (Å²) in [6.07, 6.45) is 1.57. The van der Waals surface area contributed by atoms with Gasteiger partial charge in [-0.3, -0.25) is 9.69 Å². The normalized spacial score (nSPS) is 11.0. The van der Waals surface area contributed by atoms with E-state index in [2.05, 4.69) is 10.1 Å². The topological polar surface area (TPSA) is 81.6 Å². The van der Waals surface area contributed by atoms with Crippen LogP contribution in [0.25, 0.3) is 10.2 Å². The molecule has 0 unspecified atom stereocenters. The Labute approximate surface area is 152 Å². The van der Waals surface area contributed by atoms with Crippen molar-refractivity contribution in [2.45, 2.75) is 13.5 Å². The summed E-state index contributed by atoms with van der Waals surface area (Å²) in [6.45, 7) is 2.00. The minimum absolute atomic E-state index is 0.158. The molecule has 8 heteroatoms. The number of thiazole rings is 1. The SMILES string of the molecule is COc1ccc2nc(N(Cc3ccco3)C(=O)c3cc(C)no3)sc2c1. The summed E-state index contributed by atoms with van der Waals surface area (Å²) in [6, 6.07) is 10.8.